The van der Waals surface area contributed by atoms with Crippen molar-refractivity contribution in [2.24, 2.45) is 0 Å². The second-order valence-corrected chi connectivity index (χ2v) is 7.16. The van der Waals surface area contributed by atoms with Crippen LogP contribution in [0.4, 0.5) is 0 Å². The first-order valence-electron chi connectivity index (χ1n) is 9.12. The zero-order valence-electron chi connectivity index (χ0n) is 14.6. The van der Waals surface area contributed by atoms with Gasteiger partial charge in [0, 0.05) is 12.1 Å². The highest BCUT2D eigenvalue weighted by molar-refractivity contribution is 6.29. The third-order valence-electron chi connectivity index (χ3n) is 5.08. The van der Waals surface area contributed by atoms with Crippen molar-refractivity contribution in [1.82, 2.24) is 14.1 Å². The Morgan fingerprint density at radius 1 is 1.15 bits per heavy atom. The first-order valence-corrected chi connectivity index (χ1v) is 9.50. The minimum absolute atomic E-state index is 0.0132. The van der Waals surface area contributed by atoms with Crippen LogP contribution in [0.1, 0.15) is 37.3 Å². The van der Waals surface area contributed by atoms with Gasteiger partial charge < -0.3 is 4.74 Å². The Morgan fingerprint density at radius 2 is 1.92 bits per heavy atom. The summed E-state index contributed by atoms with van der Waals surface area (Å²) in [7, 11) is 0. The molecule has 26 heavy (non-hydrogen) atoms. The molecule has 0 bridgehead atoms. The summed E-state index contributed by atoms with van der Waals surface area (Å²) >= 11 is 6.09. The molecule has 5 nitrogen and oxygen atoms in total. The van der Waals surface area contributed by atoms with Crippen LogP contribution < -0.4 is 5.69 Å². The van der Waals surface area contributed by atoms with Gasteiger partial charge in [0.25, 0.3) is 0 Å². The Hall–Kier alpha value is -2.11. The van der Waals surface area contributed by atoms with E-state index in [1.807, 2.05) is 34.9 Å². The van der Waals surface area contributed by atoms with E-state index in [4.69, 9.17) is 16.3 Å². The maximum atomic E-state index is 13.1. The van der Waals surface area contributed by atoms with Gasteiger partial charge in [0.2, 0.25) is 0 Å². The average Bonchev–Trinajstić information content (AvgIpc) is 3.26. The van der Waals surface area contributed by atoms with E-state index in [0.29, 0.717) is 24.9 Å². The number of hydrogen-bond donors (Lipinski definition) is 0. The van der Waals surface area contributed by atoms with Crippen LogP contribution in [-0.2, 0) is 17.9 Å². The van der Waals surface area contributed by atoms with Gasteiger partial charge in [0.15, 0.2) is 0 Å². The van der Waals surface area contributed by atoms with Gasteiger partial charge >= 0.3 is 5.69 Å². The zero-order valence-corrected chi connectivity index (χ0v) is 15.4. The fourth-order valence-electron chi connectivity index (χ4n) is 3.80. The number of benzene rings is 1. The van der Waals surface area contributed by atoms with E-state index in [1.54, 1.807) is 16.8 Å². The molecular formula is C20H22ClN3O2. The van der Waals surface area contributed by atoms with Crippen molar-refractivity contribution in [2.75, 3.05) is 6.61 Å². The smallest absolute Gasteiger partial charge is 0.329 e. The van der Waals surface area contributed by atoms with Gasteiger partial charge in [0.05, 0.1) is 37.0 Å². The Morgan fingerprint density at radius 3 is 2.69 bits per heavy atom. The molecule has 3 aromatic rings. The molecule has 2 aromatic heterocycles. The molecule has 0 saturated heterocycles. The maximum absolute atomic E-state index is 13.1. The van der Waals surface area contributed by atoms with Gasteiger partial charge in [-0.25, -0.2) is 9.78 Å². The van der Waals surface area contributed by atoms with E-state index in [0.717, 1.165) is 29.4 Å². The number of nitrogens with zero attached hydrogens (tertiary/aromatic N) is 3. The Kier molecular flexibility index (Phi) is 5.09. The minimum atomic E-state index is 0.0132. The van der Waals surface area contributed by atoms with Crippen molar-refractivity contribution < 1.29 is 4.74 Å². The van der Waals surface area contributed by atoms with Crippen LogP contribution in [0.5, 0.6) is 0 Å². The lowest BCUT2D eigenvalue weighted by Crippen LogP contribution is -2.27. The Balaban J connectivity index is 1.56. The third-order valence-corrected chi connectivity index (χ3v) is 5.28. The molecular weight excluding hydrogens is 350 g/mol. The second kappa shape index (κ2) is 7.64. The fraction of sp³-hybridized carbons (Fsp3) is 0.400. The monoisotopic (exact) mass is 371 g/mol. The van der Waals surface area contributed by atoms with Gasteiger partial charge in [-0.2, -0.15) is 0 Å². The number of pyridine rings is 1. The summed E-state index contributed by atoms with van der Waals surface area (Å²) in [6, 6.07) is 12.1. The molecule has 0 N–H and O–H groups in total. The number of imidazole rings is 1. The first kappa shape index (κ1) is 17.3. The lowest BCUT2D eigenvalue weighted by Gasteiger charge is -2.11. The van der Waals surface area contributed by atoms with Gasteiger partial charge in [-0.15, -0.1) is 0 Å². The van der Waals surface area contributed by atoms with Gasteiger partial charge in [-0.05, 0) is 18.4 Å². The molecule has 1 aromatic carbocycles. The number of halogens is 1. The van der Waals surface area contributed by atoms with Crippen molar-refractivity contribution in [2.45, 2.75) is 44.9 Å². The lowest BCUT2D eigenvalue weighted by molar-refractivity contribution is 0.113. The molecule has 1 aliphatic rings. The van der Waals surface area contributed by atoms with Gasteiger partial charge in [0.1, 0.15) is 5.15 Å². The molecule has 0 aliphatic heterocycles. The van der Waals surface area contributed by atoms with Crippen LogP contribution in [-0.4, -0.2) is 20.7 Å². The molecule has 6 heteroatoms. The highest BCUT2D eigenvalue weighted by Crippen LogP contribution is 2.31. The molecule has 0 atom stereocenters. The predicted octanol–water partition coefficient (Wildman–Crippen LogP) is 4.18. The van der Waals surface area contributed by atoms with E-state index >= 15 is 0 Å². The number of aromatic nitrogens is 3. The van der Waals surface area contributed by atoms with Crippen LogP contribution in [0.15, 0.2) is 47.4 Å². The first-order chi connectivity index (χ1) is 12.7. The molecule has 1 aliphatic carbocycles. The van der Waals surface area contributed by atoms with Crippen LogP contribution in [0.3, 0.4) is 0 Å². The summed E-state index contributed by atoms with van der Waals surface area (Å²) in [5, 5.41) is 0.418. The zero-order chi connectivity index (χ0) is 17.9. The number of fused-ring (bicyclic) bond motifs is 1. The summed E-state index contributed by atoms with van der Waals surface area (Å²) in [4.78, 5) is 17.2. The van der Waals surface area contributed by atoms with Crippen LogP contribution in [0, 0.1) is 0 Å². The SMILES string of the molecule is O=c1n(CCOCc2ccccc2)c2cnc(Cl)cc2n1C1CCCC1. The summed E-state index contributed by atoms with van der Waals surface area (Å²) in [5.41, 5.74) is 2.85. The van der Waals surface area contributed by atoms with E-state index in [-0.39, 0.29) is 11.7 Å². The number of rotatable bonds is 6. The van der Waals surface area contributed by atoms with Crippen LogP contribution in [0.2, 0.25) is 5.15 Å². The quantitative estimate of drug-likeness (QED) is 0.482. The van der Waals surface area contributed by atoms with Gasteiger partial charge in [-0.1, -0.05) is 54.8 Å². The summed E-state index contributed by atoms with van der Waals surface area (Å²) < 4.78 is 9.45. The van der Waals surface area contributed by atoms with E-state index in [9.17, 15) is 4.79 Å². The molecule has 1 fully saturated rings. The molecule has 136 valence electrons. The average molecular weight is 372 g/mol. The predicted molar refractivity (Wildman–Crippen MR) is 103 cm³/mol. The van der Waals surface area contributed by atoms with Crippen LogP contribution >= 0.6 is 11.6 Å². The molecule has 2 heterocycles. The third kappa shape index (κ3) is 3.41. The van der Waals surface area contributed by atoms with Gasteiger partial charge in [-0.3, -0.25) is 9.13 Å². The second-order valence-electron chi connectivity index (χ2n) is 6.78. The topological polar surface area (TPSA) is 49.1 Å². The molecule has 0 spiro atoms. The fourth-order valence-corrected chi connectivity index (χ4v) is 3.95. The van der Waals surface area contributed by atoms with Crippen LogP contribution in [0.25, 0.3) is 11.0 Å². The van der Waals surface area contributed by atoms with Crippen molar-refractivity contribution in [3.05, 3.63) is 63.8 Å². The lowest BCUT2D eigenvalue weighted by atomic mass is 10.2. The van der Waals surface area contributed by atoms with E-state index in [1.165, 1.54) is 12.8 Å². The van der Waals surface area contributed by atoms with Crippen molar-refractivity contribution in [1.29, 1.82) is 0 Å². The van der Waals surface area contributed by atoms with E-state index in [2.05, 4.69) is 4.98 Å². The van der Waals surface area contributed by atoms with Crippen molar-refractivity contribution in [3.63, 3.8) is 0 Å². The largest absolute Gasteiger partial charge is 0.375 e. The standard InChI is InChI=1S/C20H22ClN3O2/c21-19-12-17-18(13-22-19)23(20(25)24(17)16-8-4-5-9-16)10-11-26-14-15-6-2-1-3-7-15/h1-3,6-7,12-13,16H,4-5,8-11,14H2. The summed E-state index contributed by atoms with van der Waals surface area (Å²) in [6.07, 6.45) is 6.13. The highest BCUT2D eigenvalue weighted by Gasteiger charge is 2.23. The normalized spacial score (nSPS) is 15.1. The van der Waals surface area contributed by atoms with Crippen molar-refractivity contribution >= 4 is 22.6 Å². The Labute approximate surface area is 157 Å². The molecule has 0 radical (unpaired) electrons. The molecule has 0 amide bonds. The minimum Gasteiger partial charge on any atom is -0.375 e. The molecule has 1 saturated carbocycles. The highest BCUT2D eigenvalue weighted by atomic mass is 35.5. The summed E-state index contributed by atoms with van der Waals surface area (Å²) in [6.45, 7) is 1.52. The molecule has 4 rings (SSSR count). The Bertz CT molecular complexity index is 943. The maximum Gasteiger partial charge on any atom is 0.329 e. The number of ether oxygens (including phenoxy) is 1. The summed E-state index contributed by atoms with van der Waals surface area (Å²) in [5.74, 6) is 0. The molecule has 0 unspecified atom stereocenters. The van der Waals surface area contributed by atoms with Crippen molar-refractivity contribution in [3.8, 4) is 0 Å². The van der Waals surface area contributed by atoms with E-state index < -0.39 is 0 Å². The number of hydrogen-bond acceptors (Lipinski definition) is 3.